The van der Waals surface area contributed by atoms with E-state index < -0.39 is 4.67 Å². The van der Waals surface area contributed by atoms with Gasteiger partial charge >= 0.3 is 4.67 Å². The molecule has 0 rings (SSSR count). The van der Waals surface area contributed by atoms with Gasteiger partial charge in [-0.1, -0.05) is 7.43 Å². The second-order valence-corrected chi connectivity index (χ2v) is 10.3. The second-order valence-electron chi connectivity index (χ2n) is 0.383. The fourth-order valence-corrected chi connectivity index (χ4v) is 0. The van der Waals surface area contributed by atoms with Crippen LogP contribution in [0.15, 0.2) is 0 Å². The van der Waals surface area contributed by atoms with Crippen LogP contribution in [-0.2, 0) is 0 Å². The van der Waals surface area contributed by atoms with E-state index in [0.29, 0.717) is 0 Å². The molecular weight excluding hydrogens is 185 g/mol. The van der Waals surface area contributed by atoms with E-state index in [1.165, 1.54) is 0 Å². The molecule has 5 heteroatoms. The average molecular weight is 189 g/mol. The van der Waals surface area contributed by atoms with Crippen LogP contribution in [0.2, 0.25) is 0 Å². The van der Waals surface area contributed by atoms with Gasteiger partial charge in [0.25, 0.3) is 0 Å². The first kappa shape index (κ1) is 10.5. The monoisotopic (exact) mass is 187 g/mol. The lowest BCUT2D eigenvalue weighted by Crippen LogP contribution is -1.22. The zero-order chi connectivity index (χ0) is 4.50. The number of halogens is 4. The van der Waals surface area contributed by atoms with Crippen molar-refractivity contribution in [2.24, 2.45) is 0 Å². The lowest BCUT2D eigenvalue weighted by Gasteiger charge is -1.73. The van der Waals surface area contributed by atoms with E-state index in [-0.39, 0.29) is 7.43 Å². The van der Waals surface area contributed by atoms with Gasteiger partial charge in [0.15, 0.2) is 0 Å². The van der Waals surface area contributed by atoms with Crippen molar-refractivity contribution in [1.82, 2.24) is 0 Å². The van der Waals surface area contributed by atoms with Crippen molar-refractivity contribution in [3.05, 3.63) is 0 Å². The Labute approximate surface area is 57.2 Å². The molecule has 0 bridgehead atoms. The first-order valence-electron chi connectivity index (χ1n) is 0.676. The van der Waals surface area contributed by atoms with Gasteiger partial charge < -0.3 is 0 Å². The molecule has 40 valence electrons. The molecule has 0 fully saturated rings. The molecule has 0 amide bonds. The quantitative estimate of drug-likeness (QED) is 0.499. The molecular formula is CH4Cl4P+. The fraction of sp³-hybridized carbons (Fsp3) is 1.00. The van der Waals surface area contributed by atoms with Gasteiger partial charge in [0, 0.05) is 0 Å². The molecule has 0 aromatic rings. The number of hydrogen-bond donors (Lipinski definition) is 0. The summed E-state index contributed by atoms with van der Waals surface area (Å²) in [7, 11) is 0. The molecule has 0 radical (unpaired) electrons. The van der Waals surface area contributed by atoms with Crippen molar-refractivity contribution in [2.45, 2.75) is 7.43 Å². The summed E-state index contributed by atoms with van der Waals surface area (Å²) in [6.45, 7) is 0. The number of rotatable bonds is 0. The standard InChI is InChI=1S/CH4.Cl4P/c;1-5(2,3)4/h1H4;/q;+1. The summed E-state index contributed by atoms with van der Waals surface area (Å²) in [6.07, 6.45) is 0. The van der Waals surface area contributed by atoms with Gasteiger partial charge in [0.1, 0.15) is 45.0 Å². The van der Waals surface area contributed by atoms with E-state index in [4.69, 9.17) is 45.0 Å². The molecule has 0 heterocycles. The highest BCUT2D eigenvalue weighted by molar-refractivity contribution is 8.46. The third-order valence-corrected chi connectivity index (χ3v) is 0. The van der Waals surface area contributed by atoms with Crippen molar-refractivity contribution in [2.75, 3.05) is 0 Å². The zero-order valence-electron chi connectivity index (χ0n) is 1.96. The second kappa shape index (κ2) is 3.57. The normalized spacial score (nSPS) is 10.0. The number of hydrogen-bond acceptors (Lipinski definition) is 0. The zero-order valence-corrected chi connectivity index (χ0v) is 5.88. The first-order chi connectivity index (χ1) is 2.00. The molecule has 0 aromatic carbocycles. The smallest absolute Gasteiger partial charge is 0.0776 e. The van der Waals surface area contributed by atoms with Gasteiger partial charge in [0.05, 0.1) is 0 Å². The van der Waals surface area contributed by atoms with Crippen molar-refractivity contribution in [3.63, 3.8) is 0 Å². The molecule has 0 aromatic heterocycles. The summed E-state index contributed by atoms with van der Waals surface area (Å²) in [6, 6.07) is 0. The highest BCUT2D eigenvalue weighted by Crippen LogP contribution is 2.78. The van der Waals surface area contributed by atoms with E-state index >= 15 is 0 Å². The molecule has 0 N–H and O–H groups in total. The van der Waals surface area contributed by atoms with Crippen LogP contribution >= 0.6 is 49.6 Å². The Morgan fingerprint density at radius 3 is 0.833 bits per heavy atom. The Kier molecular flexibility index (Phi) is 6.28. The van der Waals surface area contributed by atoms with Crippen LogP contribution in [0.25, 0.3) is 0 Å². The lowest BCUT2D eigenvalue weighted by atomic mass is 12.0. The Morgan fingerprint density at radius 1 is 0.833 bits per heavy atom. The Balaban J connectivity index is 0. The van der Waals surface area contributed by atoms with Crippen molar-refractivity contribution >= 4 is 49.6 Å². The molecule has 6 heavy (non-hydrogen) atoms. The van der Waals surface area contributed by atoms with Crippen LogP contribution in [0.3, 0.4) is 0 Å². The highest BCUT2D eigenvalue weighted by Gasteiger charge is 2.28. The predicted molar refractivity (Wildman–Crippen MR) is 37.1 cm³/mol. The molecule has 0 saturated carbocycles. The third kappa shape index (κ3) is 46.6. The average Bonchev–Trinajstić information content (AvgIpc) is 0.722. The van der Waals surface area contributed by atoms with E-state index in [2.05, 4.69) is 0 Å². The Morgan fingerprint density at radius 2 is 0.833 bits per heavy atom. The maximum absolute atomic E-state index is 4.94. The summed E-state index contributed by atoms with van der Waals surface area (Å²) in [5.41, 5.74) is 0. The van der Waals surface area contributed by atoms with Crippen LogP contribution in [-0.4, -0.2) is 0 Å². The summed E-state index contributed by atoms with van der Waals surface area (Å²) in [5.74, 6) is 0. The van der Waals surface area contributed by atoms with Crippen LogP contribution in [0.5, 0.6) is 0 Å². The van der Waals surface area contributed by atoms with E-state index in [1.54, 1.807) is 0 Å². The minimum Gasteiger partial charge on any atom is -0.0776 e. The van der Waals surface area contributed by atoms with Crippen LogP contribution in [0, 0.1) is 0 Å². The van der Waals surface area contributed by atoms with Crippen LogP contribution in [0.4, 0.5) is 0 Å². The van der Waals surface area contributed by atoms with E-state index in [1.807, 2.05) is 0 Å². The molecule has 0 unspecified atom stereocenters. The summed E-state index contributed by atoms with van der Waals surface area (Å²) in [4.78, 5) is 0. The van der Waals surface area contributed by atoms with E-state index in [9.17, 15) is 0 Å². The van der Waals surface area contributed by atoms with Gasteiger partial charge in [-0.3, -0.25) is 0 Å². The third-order valence-electron chi connectivity index (χ3n) is 0. The summed E-state index contributed by atoms with van der Waals surface area (Å²) in [5, 5.41) is 0. The minimum absolute atomic E-state index is 0. The molecule has 0 spiro atoms. The first-order valence-corrected chi connectivity index (χ1v) is 6.09. The summed E-state index contributed by atoms with van der Waals surface area (Å²) >= 11 is 19.8. The van der Waals surface area contributed by atoms with Crippen molar-refractivity contribution < 1.29 is 0 Å². The SMILES string of the molecule is C.Cl[P+](Cl)(Cl)Cl. The lowest BCUT2D eigenvalue weighted by molar-refractivity contribution is 2.50. The summed E-state index contributed by atoms with van der Waals surface area (Å²) < 4.78 is -2.50. The molecule has 0 saturated heterocycles. The van der Waals surface area contributed by atoms with Gasteiger partial charge in [-0.15, -0.1) is 0 Å². The minimum atomic E-state index is -2.50. The maximum Gasteiger partial charge on any atom is 0.402 e. The van der Waals surface area contributed by atoms with Crippen molar-refractivity contribution in [3.8, 4) is 0 Å². The van der Waals surface area contributed by atoms with Crippen LogP contribution in [0.1, 0.15) is 7.43 Å². The molecule has 0 nitrogen and oxygen atoms in total. The van der Waals surface area contributed by atoms with Gasteiger partial charge in [0.2, 0.25) is 0 Å². The highest BCUT2D eigenvalue weighted by atomic mass is 36.2. The molecule has 0 atom stereocenters. The van der Waals surface area contributed by atoms with Gasteiger partial charge in [-0.25, -0.2) is 0 Å². The molecule has 0 aliphatic heterocycles. The van der Waals surface area contributed by atoms with Gasteiger partial charge in [-0.2, -0.15) is 0 Å². The molecule has 0 aliphatic rings. The predicted octanol–water partition coefficient (Wildman–Crippen LogP) is 4.26. The Hall–Kier alpha value is 1.59. The maximum atomic E-state index is 4.94. The van der Waals surface area contributed by atoms with Crippen molar-refractivity contribution in [1.29, 1.82) is 0 Å². The topological polar surface area (TPSA) is 0 Å². The van der Waals surface area contributed by atoms with E-state index in [0.717, 1.165) is 0 Å². The largest absolute Gasteiger partial charge is 0.402 e. The van der Waals surface area contributed by atoms with Crippen LogP contribution < -0.4 is 0 Å². The van der Waals surface area contributed by atoms with Gasteiger partial charge in [-0.05, 0) is 0 Å². The molecule has 0 aliphatic carbocycles. The Bertz CT molecular complexity index is 23.0. The fourth-order valence-electron chi connectivity index (χ4n) is 0.